The Balaban J connectivity index is 2.53. The topological polar surface area (TPSA) is 82.0 Å². The molecule has 19 heavy (non-hydrogen) atoms. The number of aliphatic hydroxyl groups is 3. The molecule has 0 spiro atoms. The predicted molar refractivity (Wildman–Crippen MR) is 73.2 cm³/mol. The molecule has 1 aliphatic rings. The second-order valence-corrected chi connectivity index (χ2v) is 6.47. The van der Waals surface area contributed by atoms with Crippen LogP contribution >= 0.6 is 0 Å². The maximum atomic E-state index is 9.90. The van der Waals surface area contributed by atoms with Gasteiger partial charge in [0.15, 0.2) is 6.29 Å². The first-order chi connectivity index (χ1) is 8.78. The Morgan fingerprint density at radius 1 is 1.11 bits per heavy atom. The van der Waals surface area contributed by atoms with E-state index in [9.17, 15) is 15.3 Å². The van der Waals surface area contributed by atoms with Gasteiger partial charge in [0, 0.05) is 12.5 Å². The molecule has 114 valence electrons. The average Bonchev–Trinajstić information content (AvgIpc) is 2.26. The van der Waals surface area contributed by atoms with Crippen LogP contribution in [0.1, 0.15) is 59.3 Å². The van der Waals surface area contributed by atoms with Crippen molar-refractivity contribution in [1.82, 2.24) is 5.32 Å². The van der Waals surface area contributed by atoms with E-state index >= 15 is 0 Å². The van der Waals surface area contributed by atoms with Crippen LogP contribution in [0.25, 0.3) is 0 Å². The highest BCUT2D eigenvalue weighted by atomic mass is 16.6. The Bertz CT molecular complexity index is 246. The molecule has 0 aromatic heterocycles. The molecule has 0 aliphatic heterocycles. The monoisotopic (exact) mass is 275 g/mol. The standard InChI is InChI=1S/C14H29NO4/c1-14(2,3)19-13(18)15-11(9-12(16)17)10-7-5-4-6-8-10/h10-13,15-18H,4-9H2,1-3H3/t11-,13?/m1/s1. The summed E-state index contributed by atoms with van der Waals surface area (Å²) in [5, 5.41) is 31.3. The summed E-state index contributed by atoms with van der Waals surface area (Å²) in [6, 6.07) is -0.127. The van der Waals surface area contributed by atoms with Crippen molar-refractivity contribution < 1.29 is 20.1 Å². The highest BCUT2D eigenvalue weighted by Gasteiger charge is 2.28. The first kappa shape index (κ1) is 16.9. The molecule has 1 aliphatic carbocycles. The van der Waals surface area contributed by atoms with Crippen LogP contribution in [-0.4, -0.2) is 39.7 Å². The van der Waals surface area contributed by atoms with E-state index in [0.717, 1.165) is 12.8 Å². The third kappa shape index (κ3) is 7.22. The van der Waals surface area contributed by atoms with Crippen LogP contribution in [0.3, 0.4) is 0 Å². The summed E-state index contributed by atoms with van der Waals surface area (Å²) in [6.45, 7) is 5.61. The van der Waals surface area contributed by atoms with E-state index in [4.69, 9.17) is 4.74 Å². The van der Waals surface area contributed by atoms with Gasteiger partial charge in [-0.15, -0.1) is 0 Å². The zero-order valence-electron chi connectivity index (χ0n) is 12.3. The number of aliphatic hydroxyl groups excluding tert-OH is 2. The third-order valence-electron chi connectivity index (χ3n) is 3.51. The van der Waals surface area contributed by atoms with E-state index in [1.54, 1.807) is 0 Å². The molecule has 1 fully saturated rings. The molecule has 0 amide bonds. The molecule has 5 heteroatoms. The quantitative estimate of drug-likeness (QED) is 0.550. The zero-order valence-corrected chi connectivity index (χ0v) is 12.3. The molecule has 1 unspecified atom stereocenters. The number of nitrogens with one attached hydrogen (secondary N) is 1. The van der Waals surface area contributed by atoms with Crippen LogP contribution in [0.4, 0.5) is 0 Å². The molecule has 1 rings (SSSR count). The minimum atomic E-state index is -1.36. The lowest BCUT2D eigenvalue weighted by atomic mass is 9.82. The largest absolute Gasteiger partial charge is 0.368 e. The van der Waals surface area contributed by atoms with Crippen molar-refractivity contribution in [2.75, 3.05) is 0 Å². The molecule has 0 radical (unpaired) electrons. The molecule has 0 heterocycles. The van der Waals surface area contributed by atoms with Crippen molar-refractivity contribution in [3.8, 4) is 0 Å². The van der Waals surface area contributed by atoms with E-state index in [2.05, 4.69) is 5.32 Å². The highest BCUT2D eigenvalue weighted by molar-refractivity contribution is 4.80. The fourth-order valence-corrected chi connectivity index (χ4v) is 2.71. The molecule has 2 atom stereocenters. The Kier molecular flexibility index (Phi) is 6.69. The van der Waals surface area contributed by atoms with Crippen LogP contribution in [0, 0.1) is 5.92 Å². The van der Waals surface area contributed by atoms with Gasteiger partial charge in [0.2, 0.25) is 6.41 Å². The fraction of sp³-hybridized carbons (Fsp3) is 1.00. The number of hydrogen-bond donors (Lipinski definition) is 4. The van der Waals surface area contributed by atoms with Gasteiger partial charge in [0.1, 0.15) is 0 Å². The van der Waals surface area contributed by atoms with Crippen molar-refractivity contribution in [2.24, 2.45) is 5.92 Å². The fourth-order valence-electron chi connectivity index (χ4n) is 2.71. The summed E-state index contributed by atoms with van der Waals surface area (Å²) in [7, 11) is 0. The lowest BCUT2D eigenvalue weighted by Crippen LogP contribution is -2.48. The minimum absolute atomic E-state index is 0.127. The van der Waals surface area contributed by atoms with Gasteiger partial charge in [-0.2, -0.15) is 0 Å². The van der Waals surface area contributed by atoms with Gasteiger partial charge in [-0.05, 0) is 39.5 Å². The Morgan fingerprint density at radius 3 is 2.16 bits per heavy atom. The van der Waals surface area contributed by atoms with E-state index < -0.39 is 18.3 Å². The summed E-state index contributed by atoms with van der Waals surface area (Å²) in [5.74, 6) is 0.369. The third-order valence-corrected chi connectivity index (χ3v) is 3.51. The molecule has 4 N–H and O–H groups in total. The molecule has 5 nitrogen and oxygen atoms in total. The maximum Gasteiger partial charge on any atom is 0.214 e. The zero-order chi connectivity index (χ0) is 14.5. The van der Waals surface area contributed by atoms with E-state index in [0.29, 0.717) is 5.92 Å². The summed E-state index contributed by atoms with van der Waals surface area (Å²) < 4.78 is 5.42. The van der Waals surface area contributed by atoms with Gasteiger partial charge >= 0.3 is 0 Å². The summed E-state index contributed by atoms with van der Waals surface area (Å²) in [6.07, 6.45) is 3.48. The summed E-state index contributed by atoms with van der Waals surface area (Å²) in [4.78, 5) is 0. The van der Waals surface area contributed by atoms with Crippen LogP contribution < -0.4 is 5.32 Å². The van der Waals surface area contributed by atoms with Gasteiger partial charge in [0.25, 0.3) is 0 Å². The average molecular weight is 275 g/mol. The number of rotatable bonds is 6. The summed E-state index contributed by atoms with van der Waals surface area (Å²) >= 11 is 0. The molecular weight excluding hydrogens is 246 g/mol. The van der Waals surface area contributed by atoms with Crippen molar-refractivity contribution >= 4 is 0 Å². The minimum Gasteiger partial charge on any atom is -0.368 e. The van der Waals surface area contributed by atoms with Crippen molar-refractivity contribution in [2.45, 2.75) is 83.6 Å². The van der Waals surface area contributed by atoms with E-state index in [1.807, 2.05) is 20.8 Å². The Hall–Kier alpha value is -0.200. The van der Waals surface area contributed by atoms with Gasteiger partial charge in [-0.3, -0.25) is 5.32 Å². The van der Waals surface area contributed by atoms with Gasteiger partial charge in [-0.25, -0.2) is 0 Å². The lowest BCUT2D eigenvalue weighted by molar-refractivity contribution is -0.190. The van der Waals surface area contributed by atoms with Crippen molar-refractivity contribution in [3.63, 3.8) is 0 Å². The van der Waals surface area contributed by atoms with E-state index in [1.165, 1.54) is 19.3 Å². The number of hydrogen-bond acceptors (Lipinski definition) is 5. The normalized spacial score (nSPS) is 21.6. The summed E-state index contributed by atoms with van der Waals surface area (Å²) in [5.41, 5.74) is -0.443. The van der Waals surface area contributed by atoms with Crippen LogP contribution in [0.5, 0.6) is 0 Å². The predicted octanol–water partition coefficient (Wildman–Crippen LogP) is 1.32. The number of ether oxygens (including phenoxy) is 1. The molecule has 0 saturated heterocycles. The lowest BCUT2D eigenvalue weighted by Gasteiger charge is -2.34. The highest BCUT2D eigenvalue weighted by Crippen LogP contribution is 2.28. The Labute approximate surface area is 116 Å². The molecule has 0 aromatic carbocycles. The second-order valence-electron chi connectivity index (χ2n) is 6.47. The first-order valence-electron chi connectivity index (χ1n) is 7.26. The van der Waals surface area contributed by atoms with Crippen LogP contribution in [0.15, 0.2) is 0 Å². The van der Waals surface area contributed by atoms with Crippen molar-refractivity contribution in [3.05, 3.63) is 0 Å². The van der Waals surface area contributed by atoms with Gasteiger partial charge in [-0.1, -0.05) is 19.3 Å². The second kappa shape index (κ2) is 7.55. The Morgan fingerprint density at radius 2 is 1.68 bits per heavy atom. The molecule has 0 bridgehead atoms. The van der Waals surface area contributed by atoms with Crippen molar-refractivity contribution in [1.29, 1.82) is 0 Å². The molecule has 1 saturated carbocycles. The maximum absolute atomic E-state index is 9.90. The SMILES string of the molecule is CC(C)(C)OC(O)N[C@H](CC(O)O)C1CCCCC1. The van der Waals surface area contributed by atoms with Crippen LogP contribution in [-0.2, 0) is 4.74 Å². The first-order valence-corrected chi connectivity index (χ1v) is 7.26. The van der Waals surface area contributed by atoms with Crippen LogP contribution in [0.2, 0.25) is 0 Å². The molecule has 0 aromatic rings. The van der Waals surface area contributed by atoms with Gasteiger partial charge in [0.05, 0.1) is 5.60 Å². The smallest absolute Gasteiger partial charge is 0.214 e. The molecular formula is C14H29NO4. The van der Waals surface area contributed by atoms with E-state index in [-0.39, 0.29) is 12.5 Å². The van der Waals surface area contributed by atoms with Gasteiger partial charge < -0.3 is 20.1 Å².